The van der Waals surface area contributed by atoms with Crippen molar-refractivity contribution in [2.45, 2.75) is 13.5 Å². The Morgan fingerprint density at radius 1 is 1.16 bits per heavy atom. The van der Waals surface area contributed by atoms with Gasteiger partial charge in [-0.1, -0.05) is 12.1 Å². The molecule has 0 aliphatic heterocycles. The van der Waals surface area contributed by atoms with Gasteiger partial charge in [-0.15, -0.1) is 0 Å². The van der Waals surface area contributed by atoms with E-state index in [0.717, 1.165) is 16.5 Å². The van der Waals surface area contributed by atoms with E-state index >= 15 is 0 Å². The van der Waals surface area contributed by atoms with Crippen molar-refractivity contribution >= 4 is 16.9 Å². The molecule has 6 heteroatoms. The maximum Gasteiger partial charge on any atom is 0.336 e. The molecular weight excluding hydrogens is 325 g/mol. The normalized spacial score (nSPS) is 10.6. The molecule has 0 bridgehead atoms. The monoisotopic (exact) mass is 341 g/mol. The van der Waals surface area contributed by atoms with Crippen LogP contribution in [0.4, 0.5) is 4.39 Å². The first kappa shape index (κ1) is 16.7. The van der Waals surface area contributed by atoms with Crippen LogP contribution in [0.5, 0.6) is 5.75 Å². The molecule has 0 saturated heterocycles. The number of carbonyl (C=O) groups is 1. The maximum atomic E-state index is 12.8. The molecule has 0 aliphatic rings. The summed E-state index contributed by atoms with van der Waals surface area (Å²) in [5, 5.41) is 3.50. The molecule has 0 radical (unpaired) electrons. The van der Waals surface area contributed by atoms with Gasteiger partial charge >= 0.3 is 5.63 Å². The van der Waals surface area contributed by atoms with Gasteiger partial charge in [0.25, 0.3) is 5.91 Å². The summed E-state index contributed by atoms with van der Waals surface area (Å²) in [4.78, 5) is 23.3. The van der Waals surface area contributed by atoms with Crippen LogP contribution in [-0.4, -0.2) is 12.5 Å². The van der Waals surface area contributed by atoms with E-state index in [-0.39, 0.29) is 24.9 Å². The summed E-state index contributed by atoms with van der Waals surface area (Å²) in [6, 6.07) is 12.4. The molecule has 25 heavy (non-hydrogen) atoms. The van der Waals surface area contributed by atoms with Crippen LogP contribution in [0.2, 0.25) is 0 Å². The van der Waals surface area contributed by atoms with Crippen LogP contribution < -0.4 is 15.7 Å². The van der Waals surface area contributed by atoms with Crippen LogP contribution >= 0.6 is 0 Å². The fourth-order valence-corrected chi connectivity index (χ4v) is 2.40. The number of halogens is 1. The zero-order valence-electron chi connectivity index (χ0n) is 13.5. The standard InChI is InChI=1S/C19H16FNO4/c1-12-8-19(23)25-17-9-15(6-7-16(12)17)24-11-18(22)21-10-13-2-4-14(20)5-3-13/h2-9H,10-11H2,1H3,(H,21,22). The first-order valence-electron chi connectivity index (χ1n) is 7.70. The molecule has 0 spiro atoms. The molecule has 0 fully saturated rings. The molecule has 0 atom stereocenters. The summed E-state index contributed by atoms with van der Waals surface area (Å²) in [6.45, 7) is 1.93. The largest absolute Gasteiger partial charge is 0.484 e. The zero-order valence-corrected chi connectivity index (χ0v) is 13.5. The average molecular weight is 341 g/mol. The second kappa shape index (κ2) is 7.17. The summed E-state index contributed by atoms with van der Waals surface area (Å²) in [6.07, 6.45) is 0. The van der Waals surface area contributed by atoms with E-state index in [1.807, 2.05) is 6.92 Å². The van der Waals surface area contributed by atoms with Crippen LogP contribution in [0, 0.1) is 12.7 Å². The van der Waals surface area contributed by atoms with Crippen LogP contribution in [-0.2, 0) is 11.3 Å². The second-order valence-corrected chi connectivity index (χ2v) is 5.60. The fourth-order valence-electron chi connectivity index (χ4n) is 2.40. The summed E-state index contributed by atoms with van der Waals surface area (Å²) in [5.41, 5.74) is 1.58. The minimum atomic E-state index is -0.431. The van der Waals surface area contributed by atoms with E-state index in [4.69, 9.17) is 9.15 Å². The highest BCUT2D eigenvalue weighted by Crippen LogP contribution is 2.22. The van der Waals surface area contributed by atoms with Crippen molar-refractivity contribution in [1.82, 2.24) is 5.32 Å². The van der Waals surface area contributed by atoms with E-state index in [1.165, 1.54) is 18.2 Å². The maximum absolute atomic E-state index is 12.8. The lowest BCUT2D eigenvalue weighted by molar-refractivity contribution is -0.123. The Hall–Kier alpha value is -3.15. The highest BCUT2D eigenvalue weighted by molar-refractivity contribution is 5.81. The van der Waals surface area contributed by atoms with Gasteiger partial charge in [0.15, 0.2) is 6.61 Å². The fraction of sp³-hybridized carbons (Fsp3) is 0.158. The van der Waals surface area contributed by atoms with Crippen molar-refractivity contribution in [2.24, 2.45) is 0 Å². The van der Waals surface area contributed by atoms with Crippen molar-refractivity contribution < 1.29 is 18.3 Å². The van der Waals surface area contributed by atoms with E-state index in [9.17, 15) is 14.0 Å². The Morgan fingerprint density at radius 3 is 2.68 bits per heavy atom. The van der Waals surface area contributed by atoms with E-state index in [2.05, 4.69) is 5.32 Å². The Labute approximate surface area is 143 Å². The van der Waals surface area contributed by atoms with E-state index < -0.39 is 5.63 Å². The van der Waals surface area contributed by atoms with Crippen LogP contribution in [0.1, 0.15) is 11.1 Å². The van der Waals surface area contributed by atoms with Crippen molar-refractivity contribution in [2.75, 3.05) is 6.61 Å². The molecular formula is C19H16FNO4. The smallest absolute Gasteiger partial charge is 0.336 e. The number of carbonyl (C=O) groups excluding carboxylic acids is 1. The summed E-state index contributed by atoms with van der Waals surface area (Å²) in [5.74, 6) is -0.204. The predicted octanol–water partition coefficient (Wildman–Crippen LogP) is 2.94. The first-order chi connectivity index (χ1) is 12.0. The lowest BCUT2D eigenvalue weighted by Crippen LogP contribution is -2.28. The number of benzene rings is 2. The number of aryl methyl sites for hydroxylation is 1. The molecule has 0 unspecified atom stereocenters. The molecule has 5 nitrogen and oxygen atoms in total. The van der Waals surface area contributed by atoms with Gasteiger partial charge < -0.3 is 14.5 Å². The molecule has 3 rings (SSSR count). The third kappa shape index (κ3) is 4.23. The predicted molar refractivity (Wildman–Crippen MR) is 91.0 cm³/mol. The average Bonchev–Trinajstić information content (AvgIpc) is 2.59. The highest BCUT2D eigenvalue weighted by Gasteiger charge is 2.07. The second-order valence-electron chi connectivity index (χ2n) is 5.60. The van der Waals surface area contributed by atoms with Crippen molar-refractivity contribution in [3.05, 3.63) is 75.9 Å². The Morgan fingerprint density at radius 2 is 1.92 bits per heavy atom. The lowest BCUT2D eigenvalue weighted by Gasteiger charge is -2.08. The van der Waals surface area contributed by atoms with Crippen molar-refractivity contribution in [1.29, 1.82) is 0 Å². The molecule has 1 N–H and O–H groups in total. The Bertz CT molecular complexity index is 963. The number of amides is 1. The van der Waals surface area contributed by atoms with Gasteiger partial charge in [-0.3, -0.25) is 4.79 Å². The number of hydrogen-bond donors (Lipinski definition) is 1. The van der Waals surface area contributed by atoms with Gasteiger partial charge in [0.1, 0.15) is 17.1 Å². The van der Waals surface area contributed by atoms with Gasteiger partial charge in [-0.2, -0.15) is 0 Å². The molecule has 3 aromatic rings. The van der Waals surface area contributed by atoms with E-state index in [1.54, 1.807) is 30.3 Å². The Kier molecular flexibility index (Phi) is 4.79. The molecule has 128 valence electrons. The molecule has 0 aliphatic carbocycles. The SMILES string of the molecule is Cc1cc(=O)oc2cc(OCC(=O)NCc3ccc(F)cc3)ccc12. The van der Waals surface area contributed by atoms with Gasteiger partial charge in [0.05, 0.1) is 0 Å². The topological polar surface area (TPSA) is 68.5 Å². The highest BCUT2D eigenvalue weighted by atomic mass is 19.1. The minimum Gasteiger partial charge on any atom is -0.484 e. The van der Waals surface area contributed by atoms with Crippen LogP contribution in [0.3, 0.4) is 0 Å². The van der Waals surface area contributed by atoms with Crippen LogP contribution in [0.15, 0.2) is 57.7 Å². The number of fused-ring (bicyclic) bond motifs is 1. The Balaban J connectivity index is 1.59. The number of hydrogen-bond acceptors (Lipinski definition) is 4. The third-order valence-corrected chi connectivity index (χ3v) is 3.70. The quantitative estimate of drug-likeness (QED) is 0.725. The van der Waals surface area contributed by atoms with Gasteiger partial charge in [-0.05, 0) is 42.3 Å². The van der Waals surface area contributed by atoms with Gasteiger partial charge in [0.2, 0.25) is 0 Å². The van der Waals surface area contributed by atoms with Gasteiger partial charge in [0, 0.05) is 24.1 Å². The van der Waals surface area contributed by atoms with Crippen molar-refractivity contribution in [3.63, 3.8) is 0 Å². The minimum absolute atomic E-state index is 0.178. The number of rotatable bonds is 5. The summed E-state index contributed by atoms with van der Waals surface area (Å²) >= 11 is 0. The molecule has 1 aromatic heterocycles. The van der Waals surface area contributed by atoms with Crippen molar-refractivity contribution in [3.8, 4) is 5.75 Å². The third-order valence-electron chi connectivity index (χ3n) is 3.70. The number of ether oxygens (including phenoxy) is 1. The number of nitrogens with one attached hydrogen (secondary N) is 1. The summed E-state index contributed by atoms with van der Waals surface area (Å²) < 4.78 is 23.4. The first-order valence-corrected chi connectivity index (χ1v) is 7.70. The molecule has 1 heterocycles. The van der Waals surface area contributed by atoms with Gasteiger partial charge in [-0.25, -0.2) is 9.18 Å². The molecule has 2 aromatic carbocycles. The molecule has 0 saturated carbocycles. The molecule has 1 amide bonds. The van der Waals surface area contributed by atoms with E-state index in [0.29, 0.717) is 11.3 Å². The zero-order chi connectivity index (χ0) is 17.8. The summed E-state index contributed by atoms with van der Waals surface area (Å²) in [7, 11) is 0. The van der Waals surface area contributed by atoms with Crippen LogP contribution in [0.25, 0.3) is 11.0 Å². The lowest BCUT2D eigenvalue weighted by atomic mass is 10.1.